The number of methoxy groups -OCH3 is 1. The third kappa shape index (κ3) is 3.49. The van der Waals surface area contributed by atoms with E-state index in [-0.39, 0.29) is 6.61 Å². The van der Waals surface area contributed by atoms with Crippen molar-refractivity contribution in [2.75, 3.05) is 7.11 Å². The average molecular weight is 333 g/mol. The first-order valence-electron chi connectivity index (χ1n) is 5.96. The number of aromatic nitrogens is 1. The standard InChI is InChI=1S/C15H13BrN2O2/c1-10-5-14(19-2)7-13(18-10)9-20-15-4-3-12(16)6-11(15)8-17/h3-7H,9H2,1-2H3. The highest BCUT2D eigenvalue weighted by Crippen LogP contribution is 2.23. The Morgan fingerprint density at radius 3 is 2.80 bits per heavy atom. The molecule has 0 spiro atoms. The zero-order valence-corrected chi connectivity index (χ0v) is 12.8. The van der Waals surface area contributed by atoms with Crippen LogP contribution in [0.3, 0.4) is 0 Å². The number of nitrogens with zero attached hydrogens (tertiary/aromatic N) is 2. The average Bonchev–Trinajstić information content (AvgIpc) is 2.45. The van der Waals surface area contributed by atoms with Gasteiger partial charge < -0.3 is 9.47 Å². The molecular formula is C15H13BrN2O2. The van der Waals surface area contributed by atoms with Crippen LogP contribution < -0.4 is 9.47 Å². The second-order valence-corrected chi connectivity index (χ2v) is 5.10. The van der Waals surface area contributed by atoms with Crippen LogP contribution in [0.5, 0.6) is 11.5 Å². The number of rotatable bonds is 4. The Bertz CT molecular complexity index is 665. The minimum absolute atomic E-state index is 0.286. The summed E-state index contributed by atoms with van der Waals surface area (Å²) < 4.78 is 11.7. The summed E-state index contributed by atoms with van der Waals surface area (Å²) in [4.78, 5) is 4.37. The van der Waals surface area contributed by atoms with Crippen LogP contribution in [0.15, 0.2) is 34.8 Å². The molecular weight excluding hydrogens is 320 g/mol. The minimum atomic E-state index is 0.286. The van der Waals surface area contributed by atoms with Crippen LogP contribution in [0.25, 0.3) is 0 Å². The van der Waals surface area contributed by atoms with Crippen molar-refractivity contribution in [3.63, 3.8) is 0 Å². The highest BCUT2D eigenvalue weighted by atomic mass is 79.9. The first-order valence-corrected chi connectivity index (χ1v) is 6.75. The first kappa shape index (κ1) is 14.4. The van der Waals surface area contributed by atoms with Crippen LogP contribution in [0.1, 0.15) is 17.0 Å². The molecule has 2 aromatic rings. The quantitative estimate of drug-likeness (QED) is 0.858. The molecule has 0 bridgehead atoms. The van der Waals surface area contributed by atoms with Gasteiger partial charge >= 0.3 is 0 Å². The molecule has 0 N–H and O–H groups in total. The predicted octanol–water partition coefficient (Wildman–Crippen LogP) is 3.61. The molecule has 1 aromatic carbocycles. The summed E-state index contributed by atoms with van der Waals surface area (Å²) in [5.74, 6) is 1.28. The van der Waals surface area contributed by atoms with Crippen LogP contribution in [-0.4, -0.2) is 12.1 Å². The summed E-state index contributed by atoms with van der Waals surface area (Å²) in [7, 11) is 1.61. The van der Waals surface area contributed by atoms with E-state index in [4.69, 9.17) is 14.7 Å². The highest BCUT2D eigenvalue weighted by Gasteiger charge is 2.06. The molecule has 1 aromatic heterocycles. The second kappa shape index (κ2) is 6.40. The lowest BCUT2D eigenvalue weighted by molar-refractivity contribution is 0.299. The highest BCUT2D eigenvalue weighted by molar-refractivity contribution is 9.10. The van der Waals surface area contributed by atoms with Gasteiger partial charge in [0.1, 0.15) is 24.2 Å². The largest absolute Gasteiger partial charge is 0.497 e. The number of nitriles is 1. The van der Waals surface area contributed by atoms with Gasteiger partial charge in [0.15, 0.2) is 0 Å². The maximum Gasteiger partial charge on any atom is 0.137 e. The van der Waals surface area contributed by atoms with Gasteiger partial charge in [-0.05, 0) is 25.1 Å². The van der Waals surface area contributed by atoms with Crippen molar-refractivity contribution < 1.29 is 9.47 Å². The van der Waals surface area contributed by atoms with Crippen LogP contribution in [-0.2, 0) is 6.61 Å². The number of benzene rings is 1. The van der Waals surface area contributed by atoms with Crippen molar-refractivity contribution in [3.8, 4) is 17.6 Å². The number of pyridine rings is 1. The Morgan fingerprint density at radius 2 is 2.10 bits per heavy atom. The second-order valence-electron chi connectivity index (χ2n) is 4.18. The molecule has 0 fully saturated rings. The molecule has 0 radical (unpaired) electrons. The molecule has 0 amide bonds. The molecule has 0 aliphatic rings. The maximum absolute atomic E-state index is 9.08. The summed E-state index contributed by atoms with van der Waals surface area (Å²) in [5, 5.41) is 9.08. The summed E-state index contributed by atoms with van der Waals surface area (Å²) in [5.41, 5.74) is 2.10. The number of hydrogen-bond acceptors (Lipinski definition) is 4. The van der Waals surface area contributed by atoms with Crippen LogP contribution in [0, 0.1) is 18.3 Å². The summed E-state index contributed by atoms with van der Waals surface area (Å²) >= 11 is 3.33. The molecule has 102 valence electrons. The normalized spacial score (nSPS) is 9.90. The molecule has 0 saturated heterocycles. The fourth-order valence-corrected chi connectivity index (χ4v) is 2.12. The minimum Gasteiger partial charge on any atom is -0.497 e. The van der Waals surface area contributed by atoms with Crippen molar-refractivity contribution in [2.45, 2.75) is 13.5 Å². The van der Waals surface area contributed by atoms with Crippen LogP contribution in [0.2, 0.25) is 0 Å². The molecule has 4 nitrogen and oxygen atoms in total. The van der Waals surface area contributed by atoms with E-state index < -0.39 is 0 Å². The number of hydrogen-bond donors (Lipinski definition) is 0. The zero-order valence-electron chi connectivity index (χ0n) is 11.2. The van der Waals surface area contributed by atoms with Gasteiger partial charge in [-0.2, -0.15) is 5.26 Å². The van der Waals surface area contributed by atoms with E-state index in [9.17, 15) is 0 Å². The third-order valence-corrected chi connectivity index (χ3v) is 3.15. The molecule has 0 atom stereocenters. The Hall–Kier alpha value is -2.06. The van der Waals surface area contributed by atoms with E-state index >= 15 is 0 Å². The van der Waals surface area contributed by atoms with E-state index in [2.05, 4.69) is 27.0 Å². The molecule has 0 aliphatic heterocycles. The fraction of sp³-hybridized carbons (Fsp3) is 0.200. The van der Waals surface area contributed by atoms with E-state index in [1.807, 2.05) is 25.1 Å². The van der Waals surface area contributed by atoms with Crippen molar-refractivity contribution in [2.24, 2.45) is 0 Å². The number of halogens is 1. The third-order valence-electron chi connectivity index (χ3n) is 2.65. The van der Waals surface area contributed by atoms with Crippen LogP contribution >= 0.6 is 15.9 Å². The van der Waals surface area contributed by atoms with Gasteiger partial charge in [0, 0.05) is 22.3 Å². The lowest BCUT2D eigenvalue weighted by Gasteiger charge is -2.09. The van der Waals surface area contributed by atoms with E-state index in [0.717, 1.165) is 21.6 Å². The number of aryl methyl sites for hydroxylation is 1. The Kier molecular flexibility index (Phi) is 4.59. The smallest absolute Gasteiger partial charge is 0.137 e. The van der Waals surface area contributed by atoms with Crippen molar-refractivity contribution in [3.05, 3.63) is 51.8 Å². The van der Waals surface area contributed by atoms with Gasteiger partial charge in [0.25, 0.3) is 0 Å². The van der Waals surface area contributed by atoms with E-state index in [1.165, 1.54) is 0 Å². The van der Waals surface area contributed by atoms with E-state index in [0.29, 0.717) is 11.3 Å². The fourth-order valence-electron chi connectivity index (χ4n) is 1.76. The summed E-state index contributed by atoms with van der Waals surface area (Å²) in [6.45, 7) is 2.18. The maximum atomic E-state index is 9.08. The Balaban J connectivity index is 2.17. The Morgan fingerprint density at radius 1 is 1.30 bits per heavy atom. The van der Waals surface area contributed by atoms with Gasteiger partial charge in [-0.3, -0.25) is 4.98 Å². The molecule has 2 rings (SSSR count). The Labute approximate surface area is 126 Å². The SMILES string of the molecule is COc1cc(C)nc(COc2ccc(Br)cc2C#N)c1. The summed E-state index contributed by atoms with van der Waals surface area (Å²) in [6.07, 6.45) is 0. The predicted molar refractivity (Wildman–Crippen MR) is 78.7 cm³/mol. The number of ether oxygens (including phenoxy) is 2. The van der Waals surface area contributed by atoms with Crippen molar-refractivity contribution in [1.29, 1.82) is 5.26 Å². The molecule has 0 unspecified atom stereocenters. The van der Waals surface area contributed by atoms with Gasteiger partial charge in [0.2, 0.25) is 0 Å². The monoisotopic (exact) mass is 332 g/mol. The van der Waals surface area contributed by atoms with Gasteiger partial charge in [-0.25, -0.2) is 0 Å². The molecule has 1 heterocycles. The molecule has 20 heavy (non-hydrogen) atoms. The van der Waals surface area contributed by atoms with Crippen LogP contribution in [0.4, 0.5) is 0 Å². The lowest BCUT2D eigenvalue weighted by atomic mass is 10.2. The lowest BCUT2D eigenvalue weighted by Crippen LogP contribution is -2.01. The van der Waals surface area contributed by atoms with E-state index in [1.54, 1.807) is 19.2 Å². The molecule has 0 aliphatic carbocycles. The molecule has 0 saturated carbocycles. The summed E-state index contributed by atoms with van der Waals surface area (Å²) in [6, 6.07) is 11.1. The topological polar surface area (TPSA) is 55.1 Å². The van der Waals surface area contributed by atoms with Gasteiger partial charge in [-0.1, -0.05) is 15.9 Å². The molecule has 5 heteroatoms. The van der Waals surface area contributed by atoms with Crippen molar-refractivity contribution >= 4 is 15.9 Å². The van der Waals surface area contributed by atoms with Crippen molar-refractivity contribution in [1.82, 2.24) is 4.98 Å². The van der Waals surface area contributed by atoms with Gasteiger partial charge in [-0.15, -0.1) is 0 Å². The first-order chi connectivity index (χ1) is 9.62. The zero-order chi connectivity index (χ0) is 14.5. The van der Waals surface area contributed by atoms with Gasteiger partial charge in [0.05, 0.1) is 18.4 Å².